The van der Waals surface area contributed by atoms with Gasteiger partial charge in [-0.3, -0.25) is 9.59 Å². The number of nitrogens with one attached hydrogen (secondary N) is 3. The number of rotatable bonds is 10. The summed E-state index contributed by atoms with van der Waals surface area (Å²) in [5.74, 6) is -0.795. The van der Waals surface area contributed by atoms with E-state index < -0.39 is 23.7 Å². The SMILES string of the molecule is COC(=O)C(Cc1ccc(-c2ccc(C(=O)NC(C)C)cc2Cl)cc1)NC(=O)C1CCC(CNC(=O)OC(C)(C)C)CC1. The molecule has 0 spiro atoms. The average Bonchev–Trinajstić information content (AvgIpc) is 2.94. The van der Waals surface area contributed by atoms with E-state index in [4.69, 9.17) is 21.1 Å². The van der Waals surface area contributed by atoms with Crippen molar-refractivity contribution in [3.05, 3.63) is 58.6 Å². The Morgan fingerprint density at radius 1 is 0.953 bits per heavy atom. The van der Waals surface area contributed by atoms with E-state index in [0.717, 1.165) is 29.5 Å². The van der Waals surface area contributed by atoms with E-state index in [0.29, 0.717) is 30.0 Å². The predicted octanol–water partition coefficient (Wildman–Crippen LogP) is 5.68. The van der Waals surface area contributed by atoms with Gasteiger partial charge in [0.25, 0.3) is 5.91 Å². The third-order valence-electron chi connectivity index (χ3n) is 7.31. The number of amides is 3. The molecule has 1 aliphatic carbocycles. The molecular weight excluding hydrogens is 570 g/mol. The number of hydrogen-bond acceptors (Lipinski definition) is 6. The molecule has 1 unspecified atom stereocenters. The normalized spacial score (nSPS) is 17.5. The molecule has 0 aliphatic heterocycles. The van der Waals surface area contributed by atoms with Gasteiger partial charge in [-0.05, 0) is 89.5 Å². The van der Waals surface area contributed by atoms with Gasteiger partial charge in [-0.25, -0.2) is 9.59 Å². The Balaban J connectivity index is 1.56. The van der Waals surface area contributed by atoms with Crippen molar-refractivity contribution in [3.8, 4) is 11.1 Å². The summed E-state index contributed by atoms with van der Waals surface area (Å²) >= 11 is 6.51. The molecule has 0 saturated heterocycles. The maximum absolute atomic E-state index is 13.1. The number of esters is 1. The smallest absolute Gasteiger partial charge is 0.407 e. The monoisotopic (exact) mass is 613 g/mol. The Labute approximate surface area is 259 Å². The van der Waals surface area contributed by atoms with E-state index in [9.17, 15) is 19.2 Å². The van der Waals surface area contributed by atoms with Crippen LogP contribution in [0.2, 0.25) is 5.02 Å². The van der Waals surface area contributed by atoms with Gasteiger partial charge in [0.05, 0.1) is 7.11 Å². The van der Waals surface area contributed by atoms with Crippen molar-refractivity contribution in [2.45, 2.75) is 84.4 Å². The topological polar surface area (TPSA) is 123 Å². The highest BCUT2D eigenvalue weighted by Crippen LogP contribution is 2.30. The summed E-state index contributed by atoms with van der Waals surface area (Å²) in [7, 11) is 1.31. The van der Waals surface area contributed by atoms with Crippen LogP contribution in [0.5, 0.6) is 0 Å². The lowest BCUT2D eigenvalue weighted by atomic mass is 9.81. The van der Waals surface area contributed by atoms with Gasteiger partial charge in [0.1, 0.15) is 11.6 Å². The standard InChI is InChI=1S/C33H44ClN3O6/c1-20(2)36-30(39)25-15-16-26(27(34)18-25)23-11-7-21(8-12-23)17-28(31(40)42-6)37-29(38)24-13-9-22(10-14-24)19-35-32(41)43-33(3,4)5/h7-8,11-12,15-16,18,20,22,24,28H,9-10,13-14,17,19H2,1-6H3,(H,35,41)(H,36,39)(H,37,38). The van der Waals surface area contributed by atoms with Crippen LogP contribution in [0.4, 0.5) is 4.79 Å². The summed E-state index contributed by atoms with van der Waals surface area (Å²) < 4.78 is 10.3. The van der Waals surface area contributed by atoms with Crippen LogP contribution in [0.1, 0.15) is 76.2 Å². The maximum atomic E-state index is 13.1. The molecule has 2 aromatic rings. The zero-order valence-electron chi connectivity index (χ0n) is 25.9. The number of carbonyl (C=O) groups excluding carboxylic acids is 4. The van der Waals surface area contributed by atoms with Crippen molar-refractivity contribution in [1.29, 1.82) is 0 Å². The van der Waals surface area contributed by atoms with Gasteiger partial charge < -0.3 is 25.4 Å². The largest absolute Gasteiger partial charge is 0.467 e. The number of halogens is 1. The van der Waals surface area contributed by atoms with E-state index in [2.05, 4.69) is 16.0 Å². The lowest BCUT2D eigenvalue weighted by molar-refractivity contribution is -0.145. The van der Waals surface area contributed by atoms with E-state index in [1.165, 1.54) is 7.11 Å². The van der Waals surface area contributed by atoms with Crippen LogP contribution in [0.25, 0.3) is 11.1 Å². The minimum absolute atomic E-state index is 0.0203. The second-order valence-corrected chi connectivity index (χ2v) is 12.8. The minimum atomic E-state index is -0.822. The molecule has 1 atom stereocenters. The van der Waals surface area contributed by atoms with Crippen molar-refractivity contribution in [2.75, 3.05) is 13.7 Å². The quantitative estimate of drug-likeness (QED) is 0.297. The van der Waals surface area contributed by atoms with Crippen molar-refractivity contribution >= 4 is 35.5 Å². The molecule has 10 heteroatoms. The molecule has 0 bridgehead atoms. The Morgan fingerprint density at radius 3 is 2.16 bits per heavy atom. The molecule has 3 rings (SSSR count). The van der Waals surface area contributed by atoms with Gasteiger partial charge in [0, 0.05) is 41.1 Å². The highest BCUT2D eigenvalue weighted by molar-refractivity contribution is 6.33. The van der Waals surface area contributed by atoms with E-state index in [1.54, 1.807) is 12.1 Å². The first-order chi connectivity index (χ1) is 20.3. The number of methoxy groups -OCH3 is 1. The van der Waals surface area contributed by atoms with Crippen LogP contribution in [-0.2, 0) is 25.5 Å². The molecule has 0 aromatic heterocycles. The zero-order chi connectivity index (χ0) is 31.7. The fourth-order valence-electron chi connectivity index (χ4n) is 5.09. The first-order valence-electron chi connectivity index (χ1n) is 14.8. The summed E-state index contributed by atoms with van der Waals surface area (Å²) in [5.41, 5.74) is 2.43. The zero-order valence-corrected chi connectivity index (χ0v) is 26.7. The maximum Gasteiger partial charge on any atom is 0.407 e. The minimum Gasteiger partial charge on any atom is -0.467 e. The number of carbonyl (C=O) groups is 4. The second-order valence-electron chi connectivity index (χ2n) is 12.4. The Bertz CT molecular complexity index is 1280. The fourth-order valence-corrected chi connectivity index (χ4v) is 5.38. The first-order valence-corrected chi connectivity index (χ1v) is 15.2. The number of alkyl carbamates (subject to hydrolysis) is 1. The lowest BCUT2D eigenvalue weighted by Crippen LogP contribution is -2.46. The second kappa shape index (κ2) is 15.2. The molecule has 43 heavy (non-hydrogen) atoms. The van der Waals surface area contributed by atoms with Crippen molar-refractivity contribution in [2.24, 2.45) is 11.8 Å². The molecule has 9 nitrogen and oxygen atoms in total. The number of hydrogen-bond donors (Lipinski definition) is 3. The average molecular weight is 614 g/mol. The molecule has 0 heterocycles. The van der Waals surface area contributed by atoms with Crippen LogP contribution in [0, 0.1) is 11.8 Å². The van der Waals surface area contributed by atoms with E-state index in [-0.39, 0.29) is 36.1 Å². The summed E-state index contributed by atoms with van der Waals surface area (Å²) in [6.45, 7) is 9.76. The van der Waals surface area contributed by atoms with Gasteiger partial charge in [0.15, 0.2) is 0 Å². The molecule has 234 valence electrons. The predicted molar refractivity (Wildman–Crippen MR) is 167 cm³/mol. The molecule has 1 fully saturated rings. The third-order valence-corrected chi connectivity index (χ3v) is 7.62. The van der Waals surface area contributed by atoms with Crippen LogP contribution >= 0.6 is 11.6 Å². The van der Waals surface area contributed by atoms with E-state index in [1.807, 2.05) is 65.0 Å². The number of benzene rings is 2. The highest BCUT2D eigenvalue weighted by atomic mass is 35.5. The van der Waals surface area contributed by atoms with Gasteiger partial charge in [-0.1, -0.05) is 41.9 Å². The van der Waals surface area contributed by atoms with Crippen LogP contribution in [0.15, 0.2) is 42.5 Å². The number of ether oxygens (including phenoxy) is 2. The lowest BCUT2D eigenvalue weighted by Gasteiger charge is -2.29. The molecular formula is C33H44ClN3O6. The summed E-state index contributed by atoms with van der Waals surface area (Å²) in [5, 5.41) is 9.03. The van der Waals surface area contributed by atoms with Gasteiger partial charge in [0.2, 0.25) is 5.91 Å². The van der Waals surface area contributed by atoms with E-state index >= 15 is 0 Å². The summed E-state index contributed by atoms with van der Waals surface area (Å²) in [6.07, 6.45) is 2.78. The third kappa shape index (κ3) is 10.6. The Hall–Kier alpha value is -3.59. The van der Waals surface area contributed by atoms with Gasteiger partial charge >= 0.3 is 12.1 Å². The Kier molecular flexibility index (Phi) is 12.0. The first kappa shape index (κ1) is 33.9. The van der Waals surface area contributed by atoms with Crippen molar-refractivity contribution in [3.63, 3.8) is 0 Å². The molecule has 1 aliphatic rings. The fraction of sp³-hybridized carbons (Fsp3) is 0.515. The highest BCUT2D eigenvalue weighted by Gasteiger charge is 2.30. The van der Waals surface area contributed by atoms with Crippen molar-refractivity contribution in [1.82, 2.24) is 16.0 Å². The Morgan fingerprint density at radius 2 is 1.60 bits per heavy atom. The van der Waals surface area contributed by atoms with Gasteiger partial charge in [-0.2, -0.15) is 0 Å². The molecule has 3 amide bonds. The van der Waals surface area contributed by atoms with Crippen molar-refractivity contribution < 1.29 is 28.7 Å². The van der Waals surface area contributed by atoms with Crippen LogP contribution in [-0.4, -0.2) is 55.2 Å². The molecule has 2 aromatic carbocycles. The molecule has 3 N–H and O–H groups in total. The van der Waals surface area contributed by atoms with Gasteiger partial charge in [-0.15, -0.1) is 0 Å². The van der Waals surface area contributed by atoms with Crippen LogP contribution < -0.4 is 16.0 Å². The molecule has 1 saturated carbocycles. The van der Waals surface area contributed by atoms with Crippen LogP contribution in [0.3, 0.4) is 0 Å². The summed E-state index contributed by atoms with van der Waals surface area (Å²) in [4.78, 5) is 49.9. The molecule has 0 radical (unpaired) electrons. The summed E-state index contributed by atoms with van der Waals surface area (Å²) in [6, 6.07) is 12.0.